The predicted molar refractivity (Wildman–Crippen MR) is 79.4 cm³/mol. The average Bonchev–Trinajstić information content (AvgIpc) is 2.72. The van der Waals surface area contributed by atoms with Gasteiger partial charge in [0.2, 0.25) is 0 Å². The maximum absolute atomic E-state index is 4.17. The molecule has 1 aromatic rings. The van der Waals surface area contributed by atoms with E-state index in [0.717, 1.165) is 10.8 Å². The van der Waals surface area contributed by atoms with Crippen molar-refractivity contribution >= 4 is 43.6 Å². The van der Waals surface area contributed by atoms with E-state index in [1.165, 1.54) is 53.4 Å². The Hall–Kier alpha value is 0.610. The fourth-order valence-corrected chi connectivity index (χ4v) is 4.63. The van der Waals surface area contributed by atoms with Crippen LogP contribution in [-0.2, 0) is 6.42 Å². The molecule has 0 amide bonds. The van der Waals surface area contributed by atoms with Gasteiger partial charge >= 0.3 is 0 Å². The minimum Gasteiger partial charge on any atom is -0.143 e. The van der Waals surface area contributed by atoms with Crippen molar-refractivity contribution in [1.82, 2.24) is 10.2 Å². The fourth-order valence-electron chi connectivity index (χ4n) is 1.46. The van der Waals surface area contributed by atoms with Crippen LogP contribution in [0.1, 0.15) is 50.5 Å². The maximum Gasteiger partial charge on any atom is 0.185 e. The quantitative estimate of drug-likeness (QED) is 0.392. The molecule has 2 nitrogen and oxygen atoms in total. The molecule has 0 saturated carbocycles. The lowest BCUT2D eigenvalue weighted by molar-refractivity contribution is 0.606. The van der Waals surface area contributed by atoms with Crippen LogP contribution in [0.2, 0.25) is 0 Å². The van der Waals surface area contributed by atoms with Crippen molar-refractivity contribution in [2.24, 2.45) is 0 Å². The Morgan fingerprint density at radius 3 is 2.62 bits per heavy atom. The number of hydrogen-bond acceptors (Lipinski definition) is 6. The van der Waals surface area contributed by atoms with Crippen LogP contribution in [0.3, 0.4) is 0 Å². The first-order chi connectivity index (χ1) is 7.86. The zero-order valence-electron chi connectivity index (χ0n) is 9.52. The summed E-state index contributed by atoms with van der Waals surface area (Å²) >= 11 is 5.77. The molecule has 0 bridgehead atoms. The molecule has 6 heteroatoms. The third kappa shape index (κ3) is 6.37. The molecule has 0 unspecified atom stereocenters. The monoisotopic (exact) mass is 294 g/mol. The molecule has 0 atom stereocenters. The number of thiol groups is 1. The molecule has 0 spiro atoms. The van der Waals surface area contributed by atoms with Crippen molar-refractivity contribution < 1.29 is 0 Å². The van der Waals surface area contributed by atoms with Gasteiger partial charge in [-0.25, -0.2) is 0 Å². The Morgan fingerprint density at radius 1 is 1.12 bits per heavy atom. The molecule has 16 heavy (non-hydrogen) atoms. The van der Waals surface area contributed by atoms with E-state index in [4.69, 9.17) is 0 Å². The van der Waals surface area contributed by atoms with Crippen molar-refractivity contribution in [3.63, 3.8) is 0 Å². The second kappa shape index (κ2) is 9.62. The lowest BCUT2D eigenvalue weighted by atomic mass is 10.1. The number of unbranched alkanes of at least 4 members (excludes halogenated alkanes) is 5. The van der Waals surface area contributed by atoms with Crippen LogP contribution in [0.5, 0.6) is 0 Å². The van der Waals surface area contributed by atoms with Gasteiger partial charge in [0.25, 0.3) is 0 Å². The molecule has 0 radical (unpaired) electrons. The number of hydrogen-bond donors (Lipinski definition) is 1. The van der Waals surface area contributed by atoms with E-state index >= 15 is 0 Å². The van der Waals surface area contributed by atoms with Gasteiger partial charge in [-0.15, -0.1) is 10.2 Å². The van der Waals surface area contributed by atoms with Gasteiger partial charge in [0.1, 0.15) is 5.01 Å². The predicted octanol–water partition coefficient (Wildman–Crippen LogP) is 5.03. The van der Waals surface area contributed by atoms with Crippen molar-refractivity contribution in [2.75, 3.05) is 0 Å². The molecule has 0 aliphatic carbocycles. The zero-order chi connectivity index (χ0) is 11.6. The first-order valence-electron chi connectivity index (χ1n) is 5.67. The van der Waals surface area contributed by atoms with Crippen LogP contribution in [-0.4, -0.2) is 10.2 Å². The van der Waals surface area contributed by atoms with Crippen molar-refractivity contribution in [3.8, 4) is 0 Å². The summed E-state index contributed by atoms with van der Waals surface area (Å²) in [6.45, 7) is 2.25. The topological polar surface area (TPSA) is 25.8 Å². The standard InChI is InChI=1S/C10H18N2S4/c1-2-3-4-5-6-7-8-9-11-12-10(14-9)15-16-13/h13H,2-8H2,1H3. The second-order valence-electron chi connectivity index (χ2n) is 3.64. The summed E-state index contributed by atoms with van der Waals surface area (Å²) in [4.78, 5) is 0. The molecule has 1 aromatic heterocycles. The summed E-state index contributed by atoms with van der Waals surface area (Å²) in [6.07, 6.45) is 9.09. The summed E-state index contributed by atoms with van der Waals surface area (Å²) in [6, 6.07) is 0. The zero-order valence-corrected chi connectivity index (χ0v) is 12.9. The first-order valence-corrected chi connectivity index (χ1v) is 9.69. The highest BCUT2D eigenvalue weighted by Crippen LogP contribution is 2.35. The van der Waals surface area contributed by atoms with E-state index in [2.05, 4.69) is 28.8 Å². The van der Waals surface area contributed by atoms with E-state index in [0.29, 0.717) is 0 Å². The number of aromatic nitrogens is 2. The van der Waals surface area contributed by atoms with Gasteiger partial charge in [0, 0.05) is 6.42 Å². The maximum atomic E-state index is 4.17. The lowest BCUT2D eigenvalue weighted by Gasteiger charge is -1.97. The fraction of sp³-hybridized carbons (Fsp3) is 0.800. The van der Waals surface area contributed by atoms with Gasteiger partial charge in [-0.05, 0) is 27.0 Å². The highest BCUT2D eigenvalue weighted by Gasteiger charge is 2.03. The largest absolute Gasteiger partial charge is 0.185 e. The Balaban J connectivity index is 2.07. The Labute approximate surface area is 115 Å². The van der Waals surface area contributed by atoms with Crippen LogP contribution in [0.4, 0.5) is 0 Å². The van der Waals surface area contributed by atoms with Crippen LogP contribution >= 0.6 is 43.6 Å². The average molecular weight is 295 g/mol. The number of nitrogens with zero attached hydrogens (tertiary/aromatic N) is 2. The van der Waals surface area contributed by atoms with Gasteiger partial charge in [0.05, 0.1) is 0 Å². The first kappa shape index (κ1) is 14.7. The van der Waals surface area contributed by atoms with E-state index < -0.39 is 0 Å². The second-order valence-corrected chi connectivity index (χ2v) is 7.95. The molecule has 0 saturated heterocycles. The van der Waals surface area contributed by atoms with Crippen LogP contribution in [0.15, 0.2) is 4.34 Å². The van der Waals surface area contributed by atoms with Crippen LogP contribution in [0, 0.1) is 0 Å². The summed E-state index contributed by atoms with van der Waals surface area (Å²) < 4.78 is 1.01. The number of aryl methyl sites for hydroxylation is 1. The molecule has 0 aliphatic heterocycles. The molecule has 92 valence electrons. The van der Waals surface area contributed by atoms with Crippen LogP contribution in [0.25, 0.3) is 0 Å². The minimum absolute atomic E-state index is 1.01. The summed E-state index contributed by atoms with van der Waals surface area (Å²) in [5.41, 5.74) is 0. The molecule has 1 rings (SSSR count). The molecule has 0 aromatic carbocycles. The van der Waals surface area contributed by atoms with Gasteiger partial charge < -0.3 is 0 Å². The van der Waals surface area contributed by atoms with Gasteiger partial charge in [-0.3, -0.25) is 0 Å². The lowest BCUT2D eigenvalue weighted by Crippen LogP contribution is -1.85. The SMILES string of the molecule is CCCCCCCCc1nnc(SSS)s1. The number of rotatable bonds is 9. The van der Waals surface area contributed by atoms with E-state index in [1.807, 2.05) is 0 Å². The van der Waals surface area contributed by atoms with Crippen molar-refractivity contribution in [2.45, 2.75) is 56.2 Å². The third-order valence-corrected chi connectivity index (χ3v) is 5.56. The molecule has 1 heterocycles. The summed E-state index contributed by atoms with van der Waals surface area (Å²) in [5.74, 6) is 0. The normalized spacial score (nSPS) is 10.9. The molecule has 0 N–H and O–H groups in total. The molecule has 0 fully saturated rings. The third-order valence-electron chi connectivity index (χ3n) is 2.30. The Kier molecular flexibility index (Phi) is 8.82. The van der Waals surface area contributed by atoms with E-state index in [-0.39, 0.29) is 0 Å². The van der Waals surface area contributed by atoms with Gasteiger partial charge in [-0.2, -0.15) is 0 Å². The molecular weight excluding hydrogens is 276 g/mol. The molecular formula is C10H18N2S4. The van der Waals surface area contributed by atoms with E-state index in [9.17, 15) is 0 Å². The highest BCUT2D eigenvalue weighted by atomic mass is 33.5. The van der Waals surface area contributed by atoms with Crippen molar-refractivity contribution in [1.29, 1.82) is 0 Å². The summed E-state index contributed by atoms with van der Waals surface area (Å²) in [5, 5.41) is 9.43. The smallest absolute Gasteiger partial charge is 0.143 e. The highest BCUT2D eigenvalue weighted by molar-refractivity contribution is 9.05. The minimum atomic E-state index is 1.01. The van der Waals surface area contributed by atoms with Gasteiger partial charge in [0.15, 0.2) is 4.34 Å². The van der Waals surface area contributed by atoms with Gasteiger partial charge in [-0.1, -0.05) is 62.0 Å². The Bertz CT molecular complexity index is 278. The van der Waals surface area contributed by atoms with Crippen molar-refractivity contribution in [3.05, 3.63) is 5.01 Å². The molecule has 0 aliphatic rings. The Morgan fingerprint density at radius 2 is 1.88 bits per heavy atom. The van der Waals surface area contributed by atoms with E-state index in [1.54, 1.807) is 22.1 Å². The summed E-state index contributed by atoms with van der Waals surface area (Å²) in [7, 11) is 3.00. The van der Waals surface area contributed by atoms with Crippen LogP contribution < -0.4 is 0 Å².